The Balaban J connectivity index is 2.82. The van der Waals surface area contributed by atoms with Crippen LogP contribution in [0.3, 0.4) is 0 Å². The molecule has 0 saturated heterocycles. The number of rotatable bonds is 7. The summed E-state index contributed by atoms with van der Waals surface area (Å²) >= 11 is 6.41. The van der Waals surface area contributed by atoms with Gasteiger partial charge in [0.15, 0.2) is 0 Å². The van der Waals surface area contributed by atoms with Gasteiger partial charge in [0.25, 0.3) is 0 Å². The van der Waals surface area contributed by atoms with Gasteiger partial charge in [0.05, 0.1) is 13.7 Å². The zero-order valence-corrected chi connectivity index (χ0v) is 19.3. The van der Waals surface area contributed by atoms with E-state index >= 15 is 0 Å². The summed E-state index contributed by atoms with van der Waals surface area (Å²) < 4.78 is 7.39. The van der Waals surface area contributed by atoms with Crippen molar-refractivity contribution in [2.24, 2.45) is 5.92 Å². The molecule has 0 aliphatic carbocycles. The van der Waals surface area contributed by atoms with E-state index in [9.17, 15) is 14.7 Å². The number of ether oxygens (including phenoxy) is 1. The van der Waals surface area contributed by atoms with Gasteiger partial charge in [0, 0.05) is 9.49 Å². The monoisotopic (exact) mass is 657 g/mol. The fourth-order valence-electron chi connectivity index (χ4n) is 1.99. The Morgan fingerprint density at radius 1 is 1.26 bits per heavy atom. The van der Waals surface area contributed by atoms with Crippen molar-refractivity contribution in [2.75, 3.05) is 13.2 Å². The van der Waals surface area contributed by atoms with Crippen LogP contribution in [0.25, 0.3) is 0 Å². The lowest BCUT2D eigenvalue weighted by molar-refractivity contribution is -0.143. The molecule has 8 heteroatoms. The van der Waals surface area contributed by atoms with Crippen LogP contribution in [0.1, 0.15) is 25.8 Å². The summed E-state index contributed by atoms with van der Waals surface area (Å²) in [5.74, 6) is -0.619. The normalized spacial score (nSPS) is 11.9. The number of hydrogen-bond donors (Lipinski definition) is 2. The summed E-state index contributed by atoms with van der Waals surface area (Å²) in [6.45, 7) is 3.84. The van der Waals surface area contributed by atoms with Crippen LogP contribution in [0.2, 0.25) is 0 Å². The van der Waals surface area contributed by atoms with E-state index in [0.717, 1.165) is 16.3 Å². The van der Waals surface area contributed by atoms with E-state index in [4.69, 9.17) is 4.74 Å². The van der Waals surface area contributed by atoms with Crippen LogP contribution >= 0.6 is 67.8 Å². The van der Waals surface area contributed by atoms with Crippen molar-refractivity contribution < 1.29 is 19.4 Å². The summed E-state index contributed by atoms with van der Waals surface area (Å²) in [4.78, 5) is 23.6. The maximum absolute atomic E-state index is 12.3. The zero-order chi connectivity index (χ0) is 17.6. The average molecular weight is 657 g/mol. The Kier molecular flexibility index (Phi) is 9.41. The van der Waals surface area contributed by atoms with Crippen molar-refractivity contribution in [2.45, 2.75) is 26.7 Å². The van der Waals surface area contributed by atoms with E-state index in [1.54, 1.807) is 6.92 Å². The van der Waals surface area contributed by atoms with Crippen LogP contribution in [0.15, 0.2) is 6.07 Å². The van der Waals surface area contributed by atoms with Crippen molar-refractivity contribution in [3.8, 4) is 5.75 Å². The minimum Gasteiger partial charge on any atom is -0.506 e. The van der Waals surface area contributed by atoms with Gasteiger partial charge in [-0.15, -0.1) is 0 Å². The molecule has 1 amide bonds. The molecule has 5 nitrogen and oxygen atoms in total. The molecule has 0 fully saturated rings. The fraction of sp³-hybridized carbons (Fsp3) is 0.467. The number of halogens is 3. The maximum Gasteiger partial charge on any atom is 0.325 e. The summed E-state index contributed by atoms with van der Waals surface area (Å²) in [5, 5.41) is 12.7. The summed E-state index contributed by atoms with van der Waals surface area (Å²) in [6, 6.07) is 1.90. The first-order chi connectivity index (χ1) is 10.8. The molecule has 0 aliphatic heterocycles. The van der Waals surface area contributed by atoms with Gasteiger partial charge < -0.3 is 15.2 Å². The van der Waals surface area contributed by atoms with Gasteiger partial charge in [-0.2, -0.15) is 0 Å². The summed E-state index contributed by atoms with van der Waals surface area (Å²) in [6.07, 6.45) is 1.17. The van der Waals surface area contributed by atoms with Crippen molar-refractivity contribution >= 4 is 79.6 Å². The van der Waals surface area contributed by atoms with Crippen molar-refractivity contribution in [3.05, 3.63) is 22.3 Å². The third-order valence-electron chi connectivity index (χ3n) is 3.27. The molecule has 0 unspecified atom stereocenters. The molecule has 0 aromatic heterocycles. The van der Waals surface area contributed by atoms with Crippen LogP contribution in [0.5, 0.6) is 5.75 Å². The molecule has 23 heavy (non-hydrogen) atoms. The third kappa shape index (κ3) is 6.18. The summed E-state index contributed by atoms with van der Waals surface area (Å²) in [5.41, 5.74) is 0.960. The minimum absolute atomic E-state index is 0.116. The highest BCUT2D eigenvalue weighted by Crippen LogP contribution is 2.34. The molecule has 0 saturated carbocycles. The molecule has 0 bridgehead atoms. The van der Waals surface area contributed by atoms with E-state index in [1.807, 2.05) is 13.0 Å². The SMILES string of the molecule is CCOC(=O)CNC(=O)[C@H](CC)Cc1c(I)cc(I)c(O)c1I. The van der Waals surface area contributed by atoms with Crippen LogP contribution < -0.4 is 5.32 Å². The molecule has 2 N–H and O–H groups in total. The first kappa shape index (κ1) is 21.2. The molecular weight excluding hydrogens is 639 g/mol. The number of hydrogen-bond acceptors (Lipinski definition) is 4. The highest BCUT2D eigenvalue weighted by molar-refractivity contribution is 14.1. The number of phenols is 1. The number of amides is 1. The second kappa shape index (κ2) is 10.2. The molecule has 1 aromatic rings. The number of carbonyl (C=O) groups is 2. The van der Waals surface area contributed by atoms with Crippen molar-refractivity contribution in [1.29, 1.82) is 0 Å². The van der Waals surface area contributed by atoms with Gasteiger partial charge in [0.2, 0.25) is 5.91 Å². The van der Waals surface area contributed by atoms with Gasteiger partial charge >= 0.3 is 5.97 Å². The number of esters is 1. The molecule has 0 spiro atoms. The maximum atomic E-state index is 12.3. The summed E-state index contributed by atoms with van der Waals surface area (Å²) in [7, 11) is 0. The van der Waals surface area contributed by atoms with Gasteiger partial charge in [-0.25, -0.2) is 0 Å². The van der Waals surface area contributed by atoms with Crippen molar-refractivity contribution in [1.82, 2.24) is 5.32 Å². The minimum atomic E-state index is -0.438. The largest absolute Gasteiger partial charge is 0.506 e. The molecule has 0 radical (unpaired) electrons. The Labute approximate surface area is 176 Å². The number of benzene rings is 1. The number of phenolic OH excluding ortho intramolecular Hbond substituents is 1. The standard InChI is InChI=1S/C15H18I3NO4/c1-3-8(15(22)19-7-12(20)23-4-2)5-9-10(16)6-11(17)14(21)13(9)18/h6,8,21H,3-5,7H2,1-2H3,(H,19,22)/t8-/m1/s1. The van der Waals surface area contributed by atoms with Crippen LogP contribution in [-0.2, 0) is 20.7 Å². The Hall–Kier alpha value is 0.150. The molecule has 1 aromatic carbocycles. The number of nitrogens with one attached hydrogen (secondary N) is 1. The topological polar surface area (TPSA) is 75.6 Å². The first-order valence-electron chi connectivity index (χ1n) is 7.10. The fourth-order valence-corrected chi connectivity index (χ4v) is 5.80. The Bertz CT molecular complexity index is 593. The molecule has 1 rings (SSSR count). The predicted molar refractivity (Wildman–Crippen MR) is 113 cm³/mol. The lowest BCUT2D eigenvalue weighted by atomic mass is 9.96. The second-order valence-electron chi connectivity index (χ2n) is 4.81. The number of carbonyl (C=O) groups excluding carboxylic acids is 2. The van der Waals surface area contributed by atoms with Crippen LogP contribution in [0, 0.1) is 16.6 Å². The Morgan fingerprint density at radius 3 is 2.48 bits per heavy atom. The molecule has 128 valence electrons. The third-order valence-corrected chi connectivity index (χ3v) is 6.21. The highest BCUT2D eigenvalue weighted by Gasteiger charge is 2.22. The van der Waals surface area contributed by atoms with E-state index < -0.39 is 5.97 Å². The van der Waals surface area contributed by atoms with Gasteiger partial charge in [-0.3, -0.25) is 9.59 Å². The quantitative estimate of drug-likeness (QED) is 0.349. The smallest absolute Gasteiger partial charge is 0.325 e. The van der Waals surface area contributed by atoms with Gasteiger partial charge in [-0.05, 0) is 99.2 Å². The molecule has 1 atom stereocenters. The predicted octanol–water partition coefficient (Wildman–Crippen LogP) is 3.45. The molecular formula is C15H18I3NO4. The highest BCUT2D eigenvalue weighted by atomic mass is 127. The van der Waals surface area contributed by atoms with E-state index in [2.05, 4.69) is 73.1 Å². The zero-order valence-electron chi connectivity index (χ0n) is 12.8. The lowest BCUT2D eigenvalue weighted by Crippen LogP contribution is -2.36. The van der Waals surface area contributed by atoms with Crippen LogP contribution in [0.4, 0.5) is 0 Å². The molecule has 0 aliphatic rings. The average Bonchev–Trinajstić information content (AvgIpc) is 2.51. The van der Waals surface area contributed by atoms with Gasteiger partial charge in [-0.1, -0.05) is 6.92 Å². The van der Waals surface area contributed by atoms with E-state index in [-0.39, 0.29) is 24.1 Å². The van der Waals surface area contributed by atoms with Gasteiger partial charge in [0.1, 0.15) is 12.3 Å². The first-order valence-corrected chi connectivity index (χ1v) is 10.3. The second-order valence-corrected chi connectivity index (χ2v) is 8.22. The van der Waals surface area contributed by atoms with Crippen LogP contribution in [-0.4, -0.2) is 30.1 Å². The number of aromatic hydroxyl groups is 1. The van der Waals surface area contributed by atoms with E-state index in [0.29, 0.717) is 19.4 Å². The Morgan fingerprint density at radius 2 is 1.91 bits per heavy atom. The lowest BCUT2D eigenvalue weighted by Gasteiger charge is -2.18. The molecule has 0 heterocycles. The van der Waals surface area contributed by atoms with Crippen molar-refractivity contribution in [3.63, 3.8) is 0 Å². The van der Waals surface area contributed by atoms with E-state index in [1.165, 1.54) is 0 Å².